The fourth-order valence-electron chi connectivity index (χ4n) is 5.99. The summed E-state index contributed by atoms with van der Waals surface area (Å²) < 4.78 is 5.65. The molecule has 2 amide bonds. The number of epoxide rings is 1. The minimum Gasteiger partial charge on any atom is -0.356 e. The fraction of sp³-hybridized carbons (Fsp3) is 0.619. The quantitative estimate of drug-likeness (QED) is 0.767. The first-order chi connectivity index (χ1) is 12.2. The third kappa shape index (κ3) is 1.70. The Morgan fingerprint density at radius 1 is 1.15 bits per heavy atom. The van der Waals surface area contributed by atoms with Gasteiger partial charge in [0.05, 0.1) is 22.7 Å². The maximum Gasteiger partial charge on any atom is 0.273 e. The number of nitrogens with zero attached hydrogens (tertiary/aromatic N) is 2. The Morgan fingerprint density at radius 2 is 1.81 bits per heavy atom. The summed E-state index contributed by atoms with van der Waals surface area (Å²) in [5.41, 5.74) is -0.225. The summed E-state index contributed by atoms with van der Waals surface area (Å²) in [4.78, 5) is 27.2. The second-order valence-electron chi connectivity index (χ2n) is 9.42. The summed E-state index contributed by atoms with van der Waals surface area (Å²) >= 11 is 0. The van der Waals surface area contributed by atoms with E-state index in [0.717, 1.165) is 24.9 Å². The molecule has 2 aliphatic carbocycles. The number of anilines is 1. The highest BCUT2D eigenvalue weighted by Crippen LogP contribution is 2.70. The first-order valence-corrected chi connectivity index (χ1v) is 9.62. The van der Waals surface area contributed by atoms with Crippen LogP contribution in [0.15, 0.2) is 30.3 Å². The molecule has 0 aromatic heterocycles. The van der Waals surface area contributed by atoms with Crippen molar-refractivity contribution in [3.8, 4) is 0 Å². The second kappa shape index (κ2) is 4.69. The molecule has 2 saturated carbocycles. The van der Waals surface area contributed by atoms with Gasteiger partial charge in [-0.1, -0.05) is 32.0 Å². The third-order valence-electron chi connectivity index (χ3n) is 7.67. The summed E-state index contributed by atoms with van der Waals surface area (Å²) in [5.74, 6) is 0.515. The predicted octanol–water partition coefficient (Wildman–Crippen LogP) is 3.15. The van der Waals surface area contributed by atoms with Gasteiger partial charge in [0.2, 0.25) is 0 Å². The van der Waals surface area contributed by atoms with Gasteiger partial charge < -0.3 is 4.74 Å². The van der Waals surface area contributed by atoms with Crippen LogP contribution in [0.1, 0.15) is 47.0 Å². The molecular formula is C21H26N2O3. The largest absolute Gasteiger partial charge is 0.356 e. The molecule has 2 heterocycles. The van der Waals surface area contributed by atoms with Crippen LogP contribution in [0.4, 0.5) is 5.69 Å². The van der Waals surface area contributed by atoms with Gasteiger partial charge in [-0.3, -0.25) is 9.59 Å². The van der Waals surface area contributed by atoms with Crippen LogP contribution >= 0.6 is 0 Å². The highest BCUT2D eigenvalue weighted by Gasteiger charge is 2.76. The topological polar surface area (TPSA) is 53.2 Å². The van der Waals surface area contributed by atoms with Crippen LogP contribution in [0.5, 0.6) is 0 Å². The molecule has 138 valence electrons. The van der Waals surface area contributed by atoms with E-state index in [-0.39, 0.29) is 23.3 Å². The van der Waals surface area contributed by atoms with E-state index >= 15 is 0 Å². The van der Waals surface area contributed by atoms with Crippen LogP contribution in [0.25, 0.3) is 0 Å². The molecular weight excluding hydrogens is 328 g/mol. The zero-order valence-corrected chi connectivity index (χ0v) is 15.9. The van der Waals surface area contributed by atoms with Gasteiger partial charge in [-0.05, 0) is 56.6 Å². The molecule has 2 aliphatic heterocycles. The van der Waals surface area contributed by atoms with Gasteiger partial charge in [0.25, 0.3) is 11.8 Å². The van der Waals surface area contributed by atoms with Gasteiger partial charge in [-0.15, -0.1) is 0 Å². The zero-order valence-electron chi connectivity index (χ0n) is 15.9. The molecule has 2 bridgehead atoms. The van der Waals surface area contributed by atoms with Crippen LogP contribution in [-0.4, -0.2) is 34.6 Å². The lowest BCUT2D eigenvalue weighted by molar-refractivity contribution is -0.135. The lowest BCUT2D eigenvalue weighted by atomic mass is 9.67. The van der Waals surface area contributed by atoms with Crippen molar-refractivity contribution >= 4 is 17.5 Å². The number of hydrogen-bond donors (Lipinski definition) is 0. The molecule has 4 fully saturated rings. The van der Waals surface area contributed by atoms with Crippen molar-refractivity contribution in [1.29, 1.82) is 0 Å². The second-order valence-corrected chi connectivity index (χ2v) is 9.42. The number of carbonyl (C=O) groups is 2. The normalized spacial score (nSPS) is 38.6. The number of hydrogen-bond acceptors (Lipinski definition) is 3. The zero-order chi connectivity index (χ0) is 18.5. The molecule has 26 heavy (non-hydrogen) atoms. The van der Waals surface area contributed by atoms with Crippen molar-refractivity contribution in [2.75, 3.05) is 5.01 Å². The van der Waals surface area contributed by atoms with Gasteiger partial charge in [-0.25, -0.2) is 10.0 Å². The Bertz CT molecular complexity index is 803. The standard InChI is InChI=1S/C21H26N2O3/c1-19(2)13-10-11-21(19)15(12-13)23(17(24)16-20(3,4)26-16)22(18(21)25)14-8-6-5-7-9-14/h5-9,13,15-16H,10-12H2,1-4H3/t13-,15-,16+,21+/m1/s1. The van der Waals surface area contributed by atoms with Crippen molar-refractivity contribution in [3.63, 3.8) is 0 Å². The maximum atomic E-state index is 13.8. The van der Waals surface area contributed by atoms with Crippen LogP contribution in [0, 0.1) is 16.7 Å². The van der Waals surface area contributed by atoms with Crippen molar-refractivity contribution in [2.24, 2.45) is 16.7 Å². The van der Waals surface area contributed by atoms with Crippen molar-refractivity contribution < 1.29 is 14.3 Å². The number of benzene rings is 1. The molecule has 0 radical (unpaired) electrons. The van der Waals surface area contributed by atoms with E-state index in [4.69, 9.17) is 4.74 Å². The number of amides is 2. The van der Waals surface area contributed by atoms with Crippen LogP contribution in [0.2, 0.25) is 0 Å². The predicted molar refractivity (Wildman–Crippen MR) is 97.1 cm³/mol. The molecule has 1 spiro atoms. The van der Waals surface area contributed by atoms with E-state index in [2.05, 4.69) is 13.8 Å². The Labute approximate surface area is 154 Å². The molecule has 0 unspecified atom stereocenters. The SMILES string of the molecule is CC1(C)O[C@H]1C(=O)N1[C@@H]2C[C@H]3CC[C@]2(C(=O)N1c1ccccc1)C3(C)C. The average Bonchev–Trinajstić information content (AvgIpc) is 2.95. The van der Waals surface area contributed by atoms with Gasteiger partial charge >= 0.3 is 0 Å². The Kier molecular flexibility index (Phi) is 2.94. The van der Waals surface area contributed by atoms with E-state index in [1.807, 2.05) is 44.2 Å². The van der Waals surface area contributed by atoms with Gasteiger partial charge in [0.15, 0.2) is 6.10 Å². The monoisotopic (exact) mass is 354 g/mol. The van der Waals surface area contributed by atoms with E-state index in [1.54, 1.807) is 10.0 Å². The number of ether oxygens (including phenoxy) is 1. The summed E-state index contributed by atoms with van der Waals surface area (Å²) in [7, 11) is 0. The number of fused-ring (bicyclic) bond motifs is 1. The highest BCUT2D eigenvalue weighted by molar-refractivity contribution is 6.06. The van der Waals surface area contributed by atoms with E-state index < -0.39 is 17.1 Å². The summed E-state index contributed by atoms with van der Waals surface area (Å²) in [6.45, 7) is 8.30. The van der Waals surface area contributed by atoms with Gasteiger partial charge in [-0.2, -0.15) is 0 Å². The lowest BCUT2D eigenvalue weighted by Gasteiger charge is -2.34. The Hall–Kier alpha value is -1.88. The average molecular weight is 354 g/mol. The summed E-state index contributed by atoms with van der Waals surface area (Å²) in [6, 6.07) is 9.52. The molecule has 4 atom stereocenters. The first kappa shape index (κ1) is 16.3. The van der Waals surface area contributed by atoms with E-state index in [1.165, 1.54) is 0 Å². The van der Waals surface area contributed by atoms with E-state index in [9.17, 15) is 9.59 Å². The third-order valence-corrected chi connectivity index (χ3v) is 7.67. The highest BCUT2D eigenvalue weighted by atomic mass is 16.6. The molecule has 5 nitrogen and oxygen atoms in total. The summed E-state index contributed by atoms with van der Waals surface area (Å²) in [5, 5.41) is 3.42. The molecule has 0 N–H and O–H groups in total. The van der Waals surface area contributed by atoms with Crippen LogP contribution in [0.3, 0.4) is 0 Å². The molecule has 5 heteroatoms. The van der Waals surface area contributed by atoms with Crippen molar-refractivity contribution in [2.45, 2.75) is 64.7 Å². The molecule has 1 aromatic carbocycles. The summed E-state index contributed by atoms with van der Waals surface area (Å²) in [6.07, 6.45) is 2.39. The Morgan fingerprint density at radius 3 is 2.38 bits per heavy atom. The van der Waals surface area contributed by atoms with Gasteiger partial charge in [0.1, 0.15) is 0 Å². The van der Waals surface area contributed by atoms with Crippen molar-refractivity contribution in [3.05, 3.63) is 30.3 Å². The smallest absolute Gasteiger partial charge is 0.273 e. The minimum atomic E-state index is -0.470. The minimum absolute atomic E-state index is 0.0588. The van der Waals surface area contributed by atoms with Crippen LogP contribution in [-0.2, 0) is 14.3 Å². The first-order valence-electron chi connectivity index (χ1n) is 9.62. The van der Waals surface area contributed by atoms with Crippen molar-refractivity contribution in [1.82, 2.24) is 5.01 Å². The number of hydrazine groups is 1. The van der Waals surface area contributed by atoms with Crippen LogP contribution < -0.4 is 5.01 Å². The number of para-hydroxylation sites is 1. The lowest BCUT2D eigenvalue weighted by Crippen LogP contribution is -2.50. The fourth-order valence-corrected chi connectivity index (χ4v) is 5.99. The molecule has 4 aliphatic rings. The maximum absolute atomic E-state index is 13.8. The number of carbonyl (C=O) groups excluding carboxylic acids is 2. The van der Waals surface area contributed by atoms with Gasteiger partial charge in [0, 0.05) is 0 Å². The number of rotatable bonds is 2. The van der Waals surface area contributed by atoms with E-state index in [0.29, 0.717) is 5.92 Å². The Balaban J connectivity index is 1.64. The molecule has 2 saturated heterocycles. The molecule has 5 rings (SSSR count). The molecule has 1 aromatic rings.